The number of halogens is 2. The lowest BCUT2D eigenvalue weighted by Crippen LogP contribution is -2.50. The van der Waals surface area contributed by atoms with Gasteiger partial charge in [-0.25, -0.2) is 5.43 Å². The minimum Gasteiger partial charge on any atom is -0.371 e. The Hall–Kier alpha value is -2.42. The first-order valence-corrected chi connectivity index (χ1v) is 13.9. The summed E-state index contributed by atoms with van der Waals surface area (Å²) in [4.78, 5) is 21.0. The number of nitrogens with one attached hydrogen (secondary N) is 3. The molecular weight excluding hydrogens is 519 g/mol. The van der Waals surface area contributed by atoms with Gasteiger partial charge in [0.15, 0.2) is 0 Å². The lowest BCUT2D eigenvalue weighted by atomic mass is 9.69. The number of amides is 1. The van der Waals surface area contributed by atoms with E-state index in [9.17, 15) is 4.79 Å². The van der Waals surface area contributed by atoms with Crippen LogP contribution in [-0.2, 0) is 11.2 Å². The van der Waals surface area contributed by atoms with Crippen LogP contribution in [0.5, 0.6) is 0 Å². The summed E-state index contributed by atoms with van der Waals surface area (Å²) in [6.07, 6.45) is 4.52. The molecule has 1 fully saturated rings. The molecule has 2 aromatic rings. The Kier molecular flexibility index (Phi) is 8.85. The molecule has 0 aromatic heterocycles. The fourth-order valence-corrected chi connectivity index (χ4v) is 6.09. The zero-order valence-electron chi connectivity index (χ0n) is 22.4. The first-order chi connectivity index (χ1) is 18.0. The second kappa shape index (κ2) is 11.8. The van der Waals surface area contributed by atoms with Crippen LogP contribution in [0.25, 0.3) is 5.70 Å². The Morgan fingerprint density at radius 1 is 1.13 bits per heavy atom. The summed E-state index contributed by atoms with van der Waals surface area (Å²) >= 11 is 12.6. The molecule has 7 nitrogen and oxygen atoms in total. The van der Waals surface area contributed by atoms with Gasteiger partial charge in [-0.1, -0.05) is 74.8 Å². The summed E-state index contributed by atoms with van der Waals surface area (Å²) in [6.45, 7) is 12.0. The van der Waals surface area contributed by atoms with E-state index < -0.39 is 5.66 Å². The summed E-state index contributed by atoms with van der Waals surface area (Å²) in [5, 5.41) is 4.14. The highest BCUT2D eigenvalue weighted by molar-refractivity contribution is 6.47. The zero-order chi connectivity index (χ0) is 27.5. The van der Waals surface area contributed by atoms with E-state index in [1.54, 1.807) is 18.2 Å². The van der Waals surface area contributed by atoms with Crippen LogP contribution in [0.2, 0.25) is 10.0 Å². The highest BCUT2D eigenvalue weighted by Gasteiger charge is 2.49. The molecule has 5 N–H and O–H groups in total. The number of nitrogens with two attached hydrogens (primary N) is 1. The first-order valence-electron chi connectivity index (χ1n) is 13.1. The first kappa shape index (κ1) is 28.6. The number of rotatable bonds is 9. The maximum Gasteiger partial charge on any atom is 0.274 e. The van der Waals surface area contributed by atoms with E-state index in [-0.39, 0.29) is 11.3 Å². The molecule has 38 heavy (non-hydrogen) atoms. The van der Waals surface area contributed by atoms with Crippen LogP contribution in [0.15, 0.2) is 54.0 Å². The molecular formula is C29H38Cl2N6O. The number of benzene rings is 2. The van der Waals surface area contributed by atoms with E-state index in [0.29, 0.717) is 40.5 Å². The molecule has 2 aromatic carbocycles. The molecule has 1 saturated carbocycles. The molecule has 1 spiro atoms. The van der Waals surface area contributed by atoms with Crippen LogP contribution < -0.4 is 22.1 Å². The highest BCUT2D eigenvalue weighted by atomic mass is 35.5. The number of hydrogen-bond donors (Lipinski definition) is 4. The fraction of sp³-hybridized carbons (Fsp3) is 0.448. The van der Waals surface area contributed by atoms with Gasteiger partial charge in [0.2, 0.25) is 0 Å². The van der Waals surface area contributed by atoms with Crippen LogP contribution in [0.4, 0.5) is 0 Å². The zero-order valence-corrected chi connectivity index (χ0v) is 23.9. The maximum absolute atomic E-state index is 13.8. The molecule has 1 amide bonds. The third kappa shape index (κ3) is 6.41. The SMILES string of the molecule is C=C(NCNNN)c1ccc(CCN2C(=O)C(c3cc(Cl)cc(Cl)c3)=NC23CCC(C(C)(C)C)CC3)cc1. The Balaban J connectivity index is 1.53. The molecule has 2 aliphatic rings. The Bertz CT molecular complexity index is 1180. The van der Waals surface area contributed by atoms with E-state index in [1.807, 2.05) is 17.0 Å². The van der Waals surface area contributed by atoms with Crippen LogP contribution in [0.3, 0.4) is 0 Å². The minimum absolute atomic E-state index is 0.0484. The topological polar surface area (TPSA) is 94.8 Å². The number of aliphatic imine (C=N–C) groups is 1. The molecule has 1 aliphatic carbocycles. The van der Waals surface area contributed by atoms with Crippen molar-refractivity contribution in [2.75, 3.05) is 13.2 Å². The van der Waals surface area contributed by atoms with Gasteiger partial charge in [0.05, 0.1) is 6.67 Å². The molecule has 0 radical (unpaired) electrons. The largest absolute Gasteiger partial charge is 0.371 e. The molecule has 1 heterocycles. The summed E-state index contributed by atoms with van der Waals surface area (Å²) in [5.41, 5.74) is 8.93. The number of carbonyl (C=O) groups is 1. The van der Waals surface area contributed by atoms with Gasteiger partial charge in [0.1, 0.15) is 11.4 Å². The molecule has 0 unspecified atom stereocenters. The van der Waals surface area contributed by atoms with Crippen molar-refractivity contribution in [2.45, 2.75) is 58.5 Å². The van der Waals surface area contributed by atoms with Crippen molar-refractivity contribution in [1.82, 2.24) is 21.2 Å². The van der Waals surface area contributed by atoms with Gasteiger partial charge in [0.25, 0.3) is 5.91 Å². The van der Waals surface area contributed by atoms with Gasteiger partial charge < -0.3 is 10.2 Å². The summed E-state index contributed by atoms with van der Waals surface area (Å²) in [7, 11) is 0. The van der Waals surface area contributed by atoms with E-state index in [1.165, 1.54) is 0 Å². The highest BCUT2D eigenvalue weighted by Crippen LogP contribution is 2.46. The van der Waals surface area contributed by atoms with Gasteiger partial charge in [-0.2, -0.15) is 5.53 Å². The van der Waals surface area contributed by atoms with Gasteiger partial charge in [-0.15, -0.1) is 0 Å². The van der Waals surface area contributed by atoms with Crippen molar-refractivity contribution in [2.24, 2.45) is 22.2 Å². The summed E-state index contributed by atoms with van der Waals surface area (Å²) in [6, 6.07) is 13.5. The van der Waals surface area contributed by atoms with Gasteiger partial charge in [-0.3, -0.25) is 15.6 Å². The van der Waals surface area contributed by atoms with Crippen molar-refractivity contribution in [3.8, 4) is 0 Å². The van der Waals surface area contributed by atoms with E-state index >= 15 is 0 Å². The van der Waals surface area contributed by atoms with E-state index in [4.69, 9.17) is 34.0 Å². The van der Waals surface area contributed by atoms with E-state index in [2.05, 4.69) is 55.8 Å². The Morgan fingerprint density at radius 2 is 1.76 bits per heavy atom. The quantitative estimate of drug-likeness (QED) is 0.146. The average molecular weight is 558 g/mol. The molecule has 0 atom stereocenters. The standard InChI is InChI=1S/C29H38Cl2N6O/c1-19(33-18-34-36-32)21-7-5-20(6-8-21)11-14-37-27(38)26(22-15-24(30)17-25(31)16-22)35-29(37)12-9-23(10-13-29)28(2,3)4/h5-8,15-17,23,33-34,36H,1,9-14,18,32H2,2-4H3. The third-order valence-corrected chi connectivity index (χ3v) is 8.27. The Morgan fingerprint density at radius 3 is 2.34 bits per heavy atom. The van der Waals surface area contributed by atoms with Crippen molar-refractivity contribution in [1.29, 1.82) is 0 Å². The monoisotopic (exact) mass is 556 g/mol. The second-order valence-electron chi connectivity index (χ2n) is 11.3. The predicted molar refractivity (Wildman–Crippen MR) is 156 cm³/mol. The lowest BCUT2D eigenvalue weighted by Gasteiger charge is -2.45. The van der Waals surface area contributed by atoms with Gasteiger partial charge in [-0.05, 0) is 72.8 Å². The second-order valence-corrected chi connectivity index (χ2v) is 12.2. The Labute approximate surface area is 235 Å². The van der Waals surface area contributed by atoms with Crippen LogP contribution in [0.1, 0.15) is 63.1 Å². The molecule has 0 bridgehead atoms. The number of carbonyl (C=O) groups excluding carboxylic acids is 1. The van der Waals surface area contributed by atoms with Crippen LogP contribution in [0, 0.1) is 11.3 Å². The fourth-order valence-electron chi connectivity index (χ4n) is 5.57. The normalized spacial score (nSPS) is 21.6. The van der Waals surface area contributed by atoms with Crippen molar-refractivity contribution >= 4 is 40.5 Å². The molecule has 204 valence electrons. The van der Waals surface area contributed by atoms with Crippen molar-refractivity contribution in [3.05, 3.63) is 75.8 Å². The predicted octanol–water partition coefficient (Wildman–Crippen LogP) is 5.29. The molecule has 9 heteroatoms. The number of hydrogen-bond acceptors (Lipinski definition) is 6. The van der Waals surface area contributed by atoms with Crippen molar-refractivity contribution in [3.63, 3.8) is 0 Å². The van der Waals surface area contributed by atoms with Crippen molar-refractivity contribution < 1.29 is 4.79 Å². The van der Waals surface area contributed by atoms with E-state index in [0.717, 1.165) is 48.9 Å². The molecule has 4 rings (SSSR count). The number of hydrazine groups is 2. The summed E-state index contributed by atoms with van der Waals surface area (Å²) < 4.78 is 0. The van der Waals surface area contributed by atoms with Crippen LogP contribution in [-0.4, -0.2) is 35.4 Å². The van der Waals surface area contributed by atoms with Gasteiger partial charge in [0, 0.05) is 27.9 Å². The number of nitrogens with zero attached hydrogens (tertiary/aromatic N) is 2. The molecule has 1 aliphatic heterocycles. The van der Waals surface area contributed by atoms with Gasteiger partial charge >= 0.3 is 0 Å². The average Bonchev–Trinajstić information content (AvgIpc) is 3.13. The third-order valence-electron chi connectivity index (χ3n) is 7.84. The lowest BCUT2D eigenvalue weighted by molar-refractivity contribution is -0.129. The smallest absolute Gasteiger partial charge is 0.274 e. The maximum atomic E-state index is 13.8. The molecule has 0 saturated heterocycles. The summed E-state index contributed by atoms with van der Waals surface area (Å²) in [5.74, 6) is 5.78. The van der Waals surface area contributed by atoms with Crippen LogP contribution >= 0.6 is 23.2 Å². The minimum atomic E-state index is -0.523.